The van der Waals surface area contributed by atoms with Gasteiger partial charge in [-0.25, -0.2) is 4.68 Å². The van der Waals surface area contributed by atoms with Crippen molar-refractivity contribution in [2.75, 3.05) is 17.7 Å². The van der Waals surface area contributed by atoms with Gasteiger partial charge in [-0.05, 0) is 36.8 Å². The van der Waals surface area contributed by atoms with Crippen LogP contribution >= 0.6 is 0 Å². The molecule has 2 atom stereocenters. The minimum Gasteiger partial charge on any atom is -0.497 e. The Kier molecular flexibility index (Phi) is 5.34. The number of hydrogen-bond acceptors (Lipinski definition) is 4. The van der Waals surface area contributed by atoms with Gasteiger partial charge in [0.15, 0.2) is 6.04 Å². The molecule has 162 valence electrons. The Morgan fingerprint density at radius 3 is 2.45 bits per heavy atom. The maximum absolute atomic E-state index is 13.8. The highest BCUT2D eigenvalue weighted by molar-refractivity contribution is 6.07. The molecule has 0 aliphatic carbocycles. The zero-order chi connectivity index (χ0) is 22.2. The van der Waals surface area contributed by atoms with Crippen molar-refractivity contribution in [2.45, 2.75) is 31.6 Å². The van der Waals surface area contributed by atoms with E-state index in [4.69, 9.17) is 4.74 Å². The van der Waals surface area contributed by atoms with Gasteiger partial charge in [-0.3, -0.25) is 4.79 Å². The summed E-state index contributed by atoms with van der Waals surface area (Å²) in [4.78, 5) is 12.8. The predicted octanol–water partition coefficient (Wildman–Crippen LogP) is 5.11. The van der Waals surface area contributed by atoms with Gasteiger partial charge in [0.1, 0.15) is 17.1 Å². The van der Waals surface area contributed by atoms with E-state index >= 15 is 0 Å². The Bertz CT molecular complexity index is 1080. The molecule has 6 nitrogen and oxygen atoms in total. The fraction of sp³-hybridized carbons (Fsp3) is 0.273. The molecule has 2 aromatic carbocycles. The molecule has 31 heavy (non-hydrogen) atoms. The minimum atomic E-state index is -4.50. The molecule has 1 aromatic heterocycles. The summed E-state index contributed by atoms with van der Waals surface area (Å²) in [6, 6.07) is 11.5. The number of halogens is 3. The number of amides is 1. The number of carbonyl (C=O) groups excluding carboxylic acids is 1. The molecule has 0 bridgehead atoms. The van der Waals surface area contributed by atoms with Crippen LogP contribution in [-0.2, 0) is 0 Å². The predicted molar refractivity (Wildman–Crippen MR) is 110 cm³/mol. The highest BCUT2D eigenvalue weighted by atomic mass is 19.4. The van der Waals surface area contributed by atoms with Crippen LogP contribution in [-0.4, -0.2) is 29.0 Å². The van der Waals surface area contributed by atoms with Gasteiger partial charge >= 0.3 is 6.18 Å². The SMILES string of the molecule is COc1ccc(NC(=O)c2cnn3c2N[C@H](c2ccc(C)cc2)C[C@@H]3C(F)(F)F)cc1. The molecular formula is C22H21F3N4O2. The summed E-state index contributed by atoms with van der Waals surface area (Å²) < 4.78 is 47.3. The Labute approximate surface area is 177 Å². The van der Waals surface area contributed by atoms with Crippen molar-refractivity contribution >= 4 is 17.4 Å². The lowest BCUT2D eigenvalue weighted by molar-refractivity contribution is -0.173. The van der Waals surface area contributed by atoms with Crippen LogP contribution in [0.15, 0.2) is 54.7 Å². The maximum atomic E-state index is 13.8. The molecule has 1 aliphatic heterocycles. The molecule has 2 heterocycles. The topological polar surface area (TPSA) is 68.2 Å². The number of aryl methyl sites for hydroxylation is 1. The molecule has 0 unspecified atom stereocenters. The fourth-order valence-corrected chi connectivity index (χ4v) is 3.62. The summed E-state index contributed by atoms with van der Waals surface area (Å²) in [6.45, 7) is 1.91. The zero-order valence-corrected chi connectivity index (χ0v) is 16.9. The van der Waals surface area contributed by atoms with Crippen LogP contribution in [0.25, 0.3) is 0 Å². The van der Waals surface area contributed by atoms with Crippen molar-refractivity contribution in [2.24, 2.45) is 0 Å². The van der Waals surface area contributed by atoms with E-state index in [0.29, 0.717) is 17.0 Å². The molecule has 2 N–H and O–H groups in total. The zero-order valence-electron chi connectivity index (χ0n) is 16.9. The van der Waals surface area contributed by atoms with Crippen LogP contribution in [0.5, 0.6) is 5.75 Å². The van der Waals surface area contributed by atoms with Crippen LogP contribution in [0.1, 0.15) is 40.0 Å². The standard InChI is InChI=1S/C22H21F3N4O2/c1-13-3-5-14(6-4-13)18-11-19(22(23,24)25)29-20(28-18)17(12-26-29)21(30)27-15-7-9-16(31-2)10-8-15/h3-10,12,18-19,28H,11H2,1-2H3,(H,27,30)/t18-,19+/m0/s1. The average Bonchev–Trinajstić information content (AvgIpc) is 3.17. The molecule has 0 saturated carbocycles. The van der Waals surface area contributed by atoms with Gasteiger partial charge in [-0.1, -0.05) is 29.8 Å². The number of nitrogens with one attached hydrogen (secondary N) is 2. The second-order valence-corrected chi connectivity index (χ2v) is 7.43. The molecule has 3 aromatic rings. The molecule has 1 amide bonds. The van der Waals surface area contributed by atoms with Crippen LogP contribution in [0.3, 0.4) is 0 Å². The van der Waals surface area contributed by atoms with Gasteiger partial charge in [-0.15, -0.1) is 0 Å². The molecular weight excluding hydrogens is 409 g/mol. The van der Waals surface area contributed by atoms with Gasteiger partial charge in [0.05, 0.1) is 19.3 Å². The molecule has 9 heteroatoms. The van der Waals surface area contributed by atoms with Gasteiger partial charge in [0.25, 0.3) is 5.91 Å². The Morgan fingerprint density at radius 1 is 1.16 bits per heavy atom. The van der Waals surface area contributed by atoms with Crippen molar-refractivity contribution in [3.05, 3.63) is 71.4 Å². The average molecular weight is 430 g/mol. The van der Waals surface area contributed by atoms with Gasteiger partial charge in [-0.2, -0.15) is 18.3 Å². The first kappa shape index (κ1) is 20.8. The number of methoxy groups -OCH3 is 1. The van der Waals surface area contributed by atoms with Crippen molar-refractivity contribution in [3.63, 3.8) is 0 Å². The Morgan fingerprint density at radius 2 is 1.84 bits per heavy atom. The molecule has 4 rings (SSSR count). The van der Waals surface area contributed by atoms with Crippen molar-refractivity contribution in [1.82, 2.24) is 9.78 Å². The van der Waals surface area contributed by atoms with E-state index in [-0.39, 0.29) is 17.8 Å². The van der Waals surface area contributed by atoms with Crippen molar-refractivity contribution in [3.8, 4) is 5.75 Å². The van der Waals surface area contributed by atoms with Crippen LogP contribution < -0.4 is 15.4 Å². The summed E-state index contributed by atoms with van der Waals surface area (Å²) in [5, 5.41) is 9.67. The first-order chi connectivity index (χ1) is 14.8. The summed E-state index contributed by atoms with van der Waals surface area (Å²) in [5.41, 5.74) is 2.26. The minimum absolute atomic E-state index is 0.0434. The highest BCUT2D eigenvalue weighted by Gasteiger charge is 2.47. The first-order valence-electron chi connectivity index (χ1n) is 9.69. The fourth-order valence-electron chi connectivity index (χ4n) is 3.62. The lowest BCUT2D eigenvalue weighted by Crippen LogP contribution is -2.36. The summed E-state index contributed by atoms with van der Waals surface area (Å²) >= 11 is 0. The number of rotatable bonds is 4. The van der Waals surface area contributed by atoms with Crippen molar-refractivity contribution < 1.29 is 22.7 Å². The Hall–Kier alpha value is -3.49. The highest BCUT2D eigenvalue weighted by Crippen LogP contribution is 2.44. The molecule has 0 spiro atoms. The number of fused-ring (bicyclic) bond motifs is 1. The van der Waals surface area contributed by atoms with Crippen molar-refractivity contribution in [1.29, 1.82) is 0 Å². The van der Waals surface area contributed by atoms with Gasteiger partial charge in [0.2, 0.25) is 0 Å². The first-order valence-corrected chi connectivity index (χ1v) is 9.69. The van der Waals surface area contributed by atoms with Crippen LogP contribution in [0.2, 0.25) is 0 Å². The van der Waals surface area contributed by atoms with Crippen LogP contribution in [0, 0.1) is 6.92 Å². The Balaban J connectivity index is 1.65. The third-order valence-electron chi connectivity index (χ3n) is 5.31. The molecule has 1 aliphatic rings. The van der Waals surface area contributed by atoms with E-state index in [1.165, 1.54) is 7.11 Å². The van der Waals surface area contributed by atoms with Gasteiger partial charge in [0, 0.05) is 12.1 Å². The monoisotopic (exact) mass is 430 g/mol. The lowest BCUT2D eigenvalue weighted by atomic mass is 9.96. The van der Waals surface area contributed by atoms with E-state index in [1.807, 2.05) is 19.1 Å². The second kappa shape index (κ2) is 7.98. The number of alkyl halides is 3. The third kappa shape index (κ3) is 4.21. The number of hydrogen-bond donors (Lipinski definition) is 2. The van der Waals surface area contributed by atoms with E-state index < -0.39 is 24.2 Å². The summed E-state index contributed by atoms with van der Waals surface area (Å²) in [7, 11) is 1.53. The lowest BCUT2D eigenvalue weighted by Gasteiger charge is -2.34. The number of ether oxygens (including phenoxy) is 1. The number of carbonyl (C=O) groups is 1. The largest absolute Gasteiger partial charge is 0.497 e. The summed E-state index contributed by atoms with van der Waals surface area (Å²) in [6.07, 6.45) is -3.56. The van der Waals surface area contributed by atoms with E-state index in [2.05, 4.69) is 15.7 Å². The number of anilines is 2. The maximum Gasteiger partial charge on any atom is 0.410 e. The van der Waals surface area contributed by atoms with Gasteiger partial charge < -0.3 is 15.4 Å². The molecule has 0 fully saturated rings. The summed E-state index contributed by atoms with van der Waals surface area (Å²) in [5.74, 6) is 0.117. The number of nitrogens with zero attached hydrogens (tertiary/aromatic N) is 2. The second-order valence-electron chi connectivity index (χ2n) is 7.43. The quantitative estimate of drug-likeness (QED) is 0.603. The third-order valence-corrected chi connectivity index (χ3v) is 5.31. The molecule has 0 radical (unpaired) electrons. The normalized spacial score (nSPS) is 18.1. The van der Waals surface area contributed by atoms with E-state index in [1.54, 1.807) is 36.4 Å². The number of aromatic nitrogens is 2. The van der Waals surface area contributed by atoms with E-state index in [9.17, 15) is 18.0 Å². The smallest absolute Gasteiger partial charge is 0.410 e. The molecule has 0 saturated heterocycles. The number of benzene rings is 2. The van der Waals surface area contributed by atoms with Crippen LogP contribution in [0.4, 0.5) is 24.7 Å². The van der Waals surface area contributed by atoms with E-state index in [0.717, 1.165) is 16.4 Å².